The first-order valence-electron chi connectivity index (χ1n) is 7.91. The van der Waals surface area contributed by atoms with E-state index in [0.29, 0.717) is 11.3 Å². The highest BCUT2D eigenvalue weighted by Crippen LogP contribution is 2.30. The van der Waals surface area contributed by atoms with Crippen LogP contribution in [-0.4, -0.2) is 16.5 Å². The van der Waals surface area contributed by atoms with Crippen LogP contribution in [0, 0.1) is 11.7 Å². The van der Waals surface area contributed by atoms with Gasteiger partial charge in [-0.15, -0.1) is 0 Å². The third-order valence-electron chi connectivity index (χ3n) is 3.94. The summed E-state index contributed by atoms with van der Waals surface area (Å²) < 4.78 is 13.3. The van der Waals surface area contributed by atoms with E-state index in [2.05, 4.69) is 0 Å². The standard InChI is InChI=1S/C20H19FN2O/c1-13(2)18-17(12-24)19(14-8-10-16(21)11-9-14)23-20(22-18)15-6-4-3-5-7-15/h3-13,20,24H,1-2H3/b17-12-. The highest BCUT2D eigenvalue weighted by atomic mass is 19.1. The molecule has 0 amide bonds. The molecule has 2 aromatic carbocycles. The third kappa shape index (κ3) is 3.13. The van der Waals surface area contributed by atoms with Gasteiger partial charge in [-0.3, -0.25) is 9.98 Å². The van der Waals surface area contributed by atoms with Gasteiger partial charge in [-0.05, 0) is 35.7 Å². The van der Waals surface area contributed by atoms with Crippen LogP contribution < -0.4 is 0 Å². The van der Waals surface area contributed by atoms with Crippen molar-refractivity contribution in [1.29, 1.82) is 0 Å². The lowest BCUT2D eigenvalue weighted by atomic mass is 9.91. The summed E-state index contributed by atoms with van der Waals surface area (Å²) in [6.07, 6.45) is 0.676. The predicted octanol–water partition coefficient (Wildman–Crippen LogP) is 4.87. The number of rotatable bonds is 3. The first kappa shape index (κ1) is 16.1. The first-order valence-corrected chi connectivity index (χ1v) is 7.91. The van der Waals surface area contributed by atoms with Crippen molar-refractivity contribution in [2.24, 2.45) is 15.9 Å². The van der Waals surface area contributed by atoms with E-state index in [1.54, 1.807) is 12.1 Å². The summed E-state index contributed by atoms with van der Waals surface area (Å²) >= 11 is 0. The van der Waals surface area contributed by atoms with E-state index in [-0.39, 0.29) is 17.9 Å². The second kappa shape index (κ2) is 6.79. The lowest BCUT2D eigenvalue weighted by Crippen LogP contribution is -2.24. The fraction of sp³-hybridized carbons (Fsp3) is 0.200. The van der Waals surface area contributed by atoms with Crippen molar-refractivity contribution in [2.75, 3.05) is 0 Å². The van der Waals surface area contributed by atoms with Crippen LogP contribution in [0.5, 0.6) is 0 Å². The van der Waals surface area contributed by atoms with Crippen molar-refractivity contribution in [3.8, 4) is 0 Å². The van der Waals surface area contributed by atoms with Crippen LogP contribution in [-0.2, 0) is 0 Å². The zero-order valence-electron chi connectivity index (χ0n) is 13.6. The predicted molar refractivity (Wildman–Crippen MR) is 95.1 cm³/mol. The summed E-state index contributed by atoms with van der Waals surface area (Å²) in [5.74, 6) is -0.178. The molecule has 1 aliphatic rings. The van der Waals surface area contributed by atoms with Crippen molar-refractivity contribution in [2.45, 2.75) is 20.0 Å². The van der Waals surface area contributed by atoms with E-state index < -0.39 is 0 Å². The fourth-order valence-electron chi connectivity index (χ4n) is 2.74. The van der Waals surface area contributed by atoms with E-state index >= 15 is 0 Å². The molecule has 0 saturated carbocycles. The van der Waals surface area contributed by atoms with Gasteiger partial charge in [0.15, 0.2) is 6.17 Å². The number of hydrogen-bond donors (Lipinski definition) is 1. The largest absolute Gasteiger partial charge is 0.515 e. The number of benzene rings is 2. The Labute approximate surface area is 140 Å². The molecule has 1 aliphatic heterocycles. The highest BCUT2D eigenvalue weighted by Gasteiger charge is 2.26. The van der Waals surface area contributed by atoms with Gasteiger partial charge in [0.1, 0.15) is 5.82 Å². The summed E-state index contributed by atoms with van der Waals surface area (Å²) in [4.78, 5) is 9.44. The minimum Gasteiger partial charge on any atom is -0.515 e. The Kier molecular flexibility index (Phi) is 4.56. The molecule has 1 N–H and O–H groups in total. The van der Waals surface area contributed by atoms with Crippen LogP contribution in [0.2, 0.25) is 0 Å². The van der Waals surface area contributed by atoms with Crippen molar-refractivity contribution in [3.05, 3.63) is 83.4 Å². The van der Waals surface area contributed by atoms with Crippen LogP contribution in [0.1, 0.15) is 31.1 Å². The number of aliphatic imine (C=N–C) groups is 2. The Hall–Kier alpha value is -2.75. The molecule has 0 radical (unpaired) electrons. The maximum Gasteiger partial charge on any atom is 0.166 e. The van der Waals surface area contributed by atoms with Gasteiger partial charge in [0.2, 0.25) is 0 Å². The smallest absolute Gasteiger partial charge is 0.166 e. The van der Waals surface area contributed by atoms with Crippen molar-refractivity contribution >= 4 is 11.4 Å². The molecule has 2 aromatic rings. The maximum absolute atomic E-state index is 13.3. The number of aliphatic hydroxyl groups is 1. The Morgan fingerprint density at radius 1 is 1.00 bits per heavy atom. The van der Waals surface area contributed by atoms with Crippen LogP contribution in [0.3, 0.4) is 0 Å². The Balaban J connectivity index is 2.13. The topological polar surface area (TPSA) is 45.0 Å². The molecule has 3 rings (SSSR count). The van der Waals surface area contributed by atoms with Crippen LogP contribution in [0.15, 0.2) is 76.4 Å². The van der Waals surface area contributed by atoms with Gasteiger partial charge in [0.05, 0.1) is 23.3 Å². The van der Waals surface area contributed by atoms with Gasteiger partial charge in [0.25, 0.3) is 0 Å². The van der Waals surface area contributed by atoms with Crippen molar-refractivity contribution in [1.82, 2.24) is 0 Å². The molecule has 122 valence electrons. The summed E-state index contributed by atoms with van der Waals surface area (Å²) in [5.41, 5.74) is 3.74. The number of allylic oxidation sites excluding steroid dienone is 1. The molecule has 24 heavy (non-hydrogen) atoms. The number of hydrogen-bond acceptors (Lipinski definition) is 3. The average molecular weight is 322 g/mol. The lowest BCUT2D eigenvalue weighted by molar-refractivity contribution is 0.471. The number of halogens is 1. The van der Waals surface area contributed by atoms with Gasteiger partial charge < -0.3 is 5.11 Å². The highest BCUT2D eigenvalue weighted by molar-refractivity contribution is 6.31. The minimum atomic E-state index is -0.368. The van der Waals surface area contributed by atoms with Gasteiger partial charge in [0, 0.05) is 5.56 Å². The van der Waals surface area contributed by atoms with Gasteiger partial charge in [-0.25, -0.2) is 4.39 Å². The second-order valence-corrected chi connectivity index (χ2v) is 5.98. The molecule has 0 spiro atoms. The van der Waals surface area contributed by atoms with E-state index in [4.69, 9.17) is 9.98 Å². The van der Waals surface area contributed by atoms with Gasteiger partial charge in [-0.2, -0.15) is 0 Å². The average Bonchev–Trinajstić information content (AvgIpc) is 2.62. The summed E-state index contributed by atoms with van der Waals surface area (Å²) in [5, 5.41) is 9.76. The molecule has 0 fully saturated rings. The Morgan fingerprint density at radius 3 is 2.25 bits per heavy atom. The Bertz CT molecular complexity index is 805. The summed E-state index contributed by atoms with van der Waals surface area (Å²) in [7, 11) is 0. The fourth-order valence-corrected chi connectivity index (χ4v) is 2.74. The number of aliphatic hydroxyl groups excluding tert-OH is 1. The third-order valence-corrected chi connectivity index (χ3v) is 3.94. The van der Waals surface area contributed by atoms with E-state index in [0.717, 1.165) is 23.1 Å². The molecule has 1 unspecified atom stereocenters. The quantitative estimate of drug-likeness (QED) is 0.805. The normalized spacial score (nSPS) is 19.3. The molecule has 0 aromatic heterocycles. The number of nitrogens with zero attached hydrogens (tertiary/aromatic N) is 2. The first-order chi connectivity index (χ1) is 11.6. The molecule has 1 heterocycles. The molecular formula is C20H19FN2O. The van der Waals surface area contributed by atoms with Crippen molar-refractivity contribution < 1.29 is 9.50 Å². The SMILES string of the molecule is CC(C)C1=NC(c2ccccc2)N=C(c2ccc(F)cc2)/C1=C\O. The molecule has 4 heteroatoms. The summed E-state index contributed by atoms with van der Waals surface area (Å²) in [6.45, 7) is 4.05. The zero-order chi connectivity index (χ0) is 17.1. The molecule has 3 nitrogen and oxygen atoms in total. The molecule has 0 bridgehead atoms. The maximum atomic E-state index is 13.3. The van der Waals surface area contributed by atoms with Gasteiger partial charge in [-0.1, -0.05) is 44.2 Å². The van der Waals surface area contributed by atoms with Crippen LogP contribution in [0.25, 0.3) is 0 Å². The Morgan fingerprint density at radius 2 is 1.67 bits per heavy atom. The molecule has 1 atom stereocenters. The van der Waals surface area contributed by atoms with Gasteiger partial charge >= 0.3 is 0 Å². The second-order valence-electron chi connectivity index (χ2n) is 5.98. The van der Waals surface area contributed by atoms with Crippen molar-refractivity contribution in [3.63, 3.8) is 0 Å². The molecular weight excluding hydrogens is 303 g/mol. The van der Waals surface area contributed by atoms with Crippen LogP contribution >= 0.6 is 0 Å². The zero-order valence-corrected chi connectivity index (χ0v) is 13.6. The lowest BCUT2D eigenvalue weighted by Gasteiger charge is -2.24. The van der Waals surface area contributed by atoms with E-state index in [9.17, 15) is 9.50 Å². The molecule has 0 saturated heterocycles. The monoisotopic (exact) mass is 322 g/mol. The molecule has 0 aliphatic carbocycles. The van der Waals surface area contributed by atoms with E-state index in [1.807, 2.05) is 44.2 Å². The minimum absolute atomic E-state index is 0.126. The van der Waals surface area contributed by atoms with E-state index in [1.165, 1.54) is 12.1 Å². The van der Waals surface area contributed by atoms with Crippen LogP contribution in [0.4, 0.5) is 4.39 Å². The summed E-state index contributed by atoms with van der Waals surface area (Å²) in [6, 6.07) is 15.9.